The van der Waals surface area contributed by atoms with Gasteiger partial charge in [0.15, 0.2) is 0 Å². The summed E-state index contributed by atoms with van der Waals surface area (Å²) in [6, 6.07) is 8.48. The Balaban J connectivity index is 2.09. The quantitative estimate of drug-likeness (QED) is 0.482. The molecule has 0 fully saturated rings. The molecular weight excluding hydrogens is 454 g/mol. The molecule has 3 aromatic rings. The molecule has 0 amide bonds. The van der Waals surface area contributed by atoms with Crippen LogP contribution in [0.25, 0.3) is 10.9 Å². The summed E-state index contributed by atoms with van der Waals surface area (Å²) >= 11 is 4.45. The molecule has 144 valence electrons. The van der Waals surface area contributed by atoms with Crippen molar-refractivity contribution in [1.29, 1.82) is 0 Å². The summed E-state index contributed by atoms with van der Waals surface area (Å²) in [7, 11) is -2.19. The first-order valence-corrected chi connectivity index (χ1v) is 11.3. The molecule has 0 unspecified atom stereocenters. The summed E-state index contributed by atoms with van der Waals surface area (Å²) in [6.45, 7) is 2.07. The first kappa shape index (κ1) is 19.9. The lowest BCUT2D eigenvalue weighted by atomic mass is 10.1. The SMILES string of the molecule is CCOC(=O)CCc1cn(S(=O)(=O)c2ccc(Br)s2)c2ccc(OC)cc12. The minimum absolute atomic E-state index is 0.175. The van der Waals surface area contributed by atoms with Gasteiger partial charge >= 0.3 is 5.97 Å². The maximum atomic E-state index is 13.1. The van der Waals surface area contributed by atoms with E-state index < -0.39 is 10.0 Å². The molecule has 3 rings (SSSR count). The summed E-state index contributed by atoms with van der Waals surface area (Å²) in [4.78, 5) is 11.7. The maximum Gasteiger partial charge on any atom is 0.306 e. The Kier molecular flexibility index (Phi) is 5.92. The summed E-state index contributed by atoms with van der Waals surface area (Å²) in [6.07, 6.45) is 2.13. The Morgan fingerprint density at radius 2 is 2.04 bits per heavy atom. The number of aryl methyl sites for hydroxylation is 1. The number of fused-ring (bicyclic) bond motifs is 1. The van der Waals surface area contributed by atoms with Crippen molar-refractivity contribution >= 4 is 54.2 Å². The van der Waals surface area contributed by atoms with E-state index in [0.29, 0.717) is 24.3 Å². The van der Waals surface area contributed by atoms with Gasteiger partial charge in [-0.3, -0.25) is 4.79 Å². The monoisotopic (exact) mass is 471 g/mol. The van der Waals surface area contributed by atoms with E-state index in [4.69, 9.17) is 9.47 Å². The fourth-order valence-corrected chi connectivity index (χ4v) is 6.26. The van der Waals surface area contributed by atoms with E-state index in [9.17, 15) is 13.2 Å². The number of hydrogen-bond donors (Lipinski definition) is 0. The van der Waals surface area contributed by atoms with Crippen molar-refractivity contribution in [2.75, 3.05) is 13.7 Å². The van der Waals surface area contributed by atoms with Gasteiger partial charge < -0.3 is 9.47 Å². The molecule has 0 aliphatic carbocycles. The Labute approximate surface area is 169 Å². The molecule has 2 aromatic heterocycles. The predicted molar refractivity (Wildman–Crippen MR) is 108 cm³/mol. The fraction of sp³-hybridized carbons (Fsp3) is 0.278. The lowest BCUT2D eigenvalue weighted by molar-refractivity contribution is -0.143. The molecule has 1 aromatic carbocycles. The summed E-state index contributed by atoms with van der Waals surface area (Å²) < 4.78 is 38.7. The molecule has 0 saturated carbocycles. The molecule has 0 aliphatic rings. The number of halogens is 1. The van der Waals surface area contributed by atoms with Crippen molar-refractivity contribution < 1.29 is 22.7 Å². The van der Waals surface area contributed by atoms with Gasteiger partial charge in [0.05, 0.1) is 23.0 Å². The Morgan fingerprint density at radius 3 is 2.67 bits per heavy atom. The van der Waals surface area contributed by atoms with Crippen molar-refractivity contribution in [3.05, 3.63) is 45.9 Å². The zero-order valence-corrected chi connectivity index (χ0v) is 18.0. The van der Waals surface area contributed by atoms with Crippen molar-refractivity contribution in [1.82, 2.24) is 3.97 Å². The molecule has 0 bridgehead atoms. The van der Waals surface area contributed by atoms with Crippen LogP contribution in [-0.4, -0.2) is 32.1 Å². The van der Waals surface area contributed by atoms with E-state index in [1.165, 1.54) is 3.97 Å². The molecule has 27 heavy (non-hydrogen) atoms. The highest BCUT2D eigenvalue weighted by atomic mass is 79.9. The van der Waals surface area contributed by atoms with Gasteiger partial charge in [-0.25, -0.2) is 3.97 Å². The van der Waals surface area contributed by atoms with Crippen LogP contribution in [-0.2, 0) is 26.0 Å². The summed E-state index contributed by atoms with van der Waals surface area (Å²) in [5, 5.41) is 0.734. The van der Waals surface area contributed by atoms with Crippen molar-refractivity contribution in [2.24, 2.45) is 0 Å². The number of esters is 1. The number of benzene rings is 1. The first-order chi connectivity index (χ1) is 12.9. The molecule has 0 spiro atoms. The molecule has 0 N–H and O–H groups in total. The van der Waals surface area contributed by atoms with Crippen LogP contribution >= 0.6 is 27.3 Å². The number of nitrogens with zero attached hydrogens (tertiary/aromatic N) is 1. The van der Waals surface area contributed by atoms with Gasteiger partial charge in [-0.15, -0.1) is 11.3 Å². The smallest absolute Gasteiger partial charge is 0.306 e. The average molecular weight is 472 g/mol. The summed E-state index contributed by atoms with van der Waals surface area (Å²) in [5.41, 5.74) is 1.29. The molecule has 0 aliphatic heterocycles. The van der Waals surface area contributed by atoms with E-state index in [1.807, 2.05) is 0 Å². The van der Waals surface area contributed by atoms with E-state index in [1.54, 1.807) is 50.6 Å². The highest BCUT2D eigenvalue weighted by Gasteiger charge is 2.23. The van der Waals surface area contributed by atoms with Gasteiger partial charge in [0, 0.05) is 18.0 Å². The van der Waals surface area contributed by atoms with Crippen LogP contribution in [0.3, 0.4) is 0 Å². The third kappa shape index (κ3) is 4.04. The lowest BCUT2D eigenvalue weighted by Gasteiger charge is -2.06. The number of rotatable bonds is 7. The number of hydrogen-bond acceptors (Lipinski definition) is 6. The zero-order valence-electron chi connectivity index (χ0n) is 14.8. The minimum Gasteiger partial charge on any atom is -0.497 e. The molecule has 6 nitrogen and oxygen atoms in total. The molecule has 0 atom stereocenters. The molecule has 0 radical (unpaired) electrons. The van der Waals surface area contributed by atoms with Gasteiger partial charge in [0.25, 0.3) is 10.0 Å². The van der Waals surface area contributed by atoms with Crippen molar-refractivity contribution in [2.45, 2.75) is 24.0 Å². The second-order valence-electron chi connectivity index (χ2n) is 5.70. The summed E-state index contributed by atoms with van der Waals surface area (Å²) in [5.74, 6) is 0.306. The molecule has 0 saturated heterocycles. The average Bonchev–Trinajstić information content (AvgIpc) is 3.24. The lowest BCUT2D eigenvalue weighted by Crippen LogP contribution is -2.10. The Morgan fingerprint density at radius 1 is 1.26 bits per heavy atom. The van der Waals surface area contributed by atoms with Gasteiger partial charge in [-0.2, -0.15) is 8.42 Å². The van der Waals surface area contributed by atoms with Crippen LogP contribution in [0, 0.1) is 0 Å². The zero-order chi connectivity index (χ0) is 19.6. The number of carbonyl (C=O) groups is 1. The van der Waals surface area contributed by atoms with E-state index in [2.05, 4.69) is 15.9 Å². The number of methoxy groups -OCH3 is 1. The van der Waals surface area contributed by atoms with E-state index in [0.717, 1.165) is 26.1 Å². The van der Waals surface area contributed by atoms with E-state index >= 15 is 0 Å². The Hall–Kier alpha value is -1.84. The number of carbonyl (C=O) groups excluding carboxylic acids is 1. The van der Waals surface area contributed by atoms with Crippen LogP contribution in [0.4, 0.5) is 0 Å². The van der Waals surface area contributed by atoms with Crippen LogP contribution < -0.4 is 4.74 Å². The van der Waals surface area contributed by atoms with E-state index in [-0.39, 0.29) is 16.6 Å². The second kappa shape index (κ2) is 8.04. The van der Waals surface area contributed by atoms with Gasteiger partial charge in [0.2, 0.25) is 0 Å². The van der Waals surface area contributed by atoms with Crippen LogP contribution in [0.5, 0.6) is 5.75 Å². The predicted octanol–water partition coefficient (Wildman–Crippen LogP) is 4.21. The van der Waals surface area contributed by atoms with Gasteiger partial charge in [-0.1, -0.05) is 0 Å². The minimum atomic E-state index is -3.74. The normalized spacial score (nSPS) is 11.7. The number of aromatic nitrogens is 1. The molecular formula is C18H18BrNO5S2. The third-order valence-electron chi connectivity index (χ3n) is 4.03. The van der Waals surface area contributed by atoms with Gasteiger partial charge in [0.1, 0.15) is 9.96 Å². The number of thiophene rings is 1. The third-order valence-corrected chi connectivity index (χ3v) is 7.79. The molecule has 9 heteroatoms. The highest BCUT2D eigenvalue weighted by molar-refractivity contribution is 9.11. The highest BCUT2D eigenvalue weighted by Crippen LogP contribution is 2.33. The molecule has 2 heterocycles. The van der Waals surface area contributed by atoms with Gasteiger partial charge in [-0.05, 0) is 65.2 Å². The standard InChI is InChI=1S/C18H18BrNO5S2/c1-3-25-17(21)8-4-12-11-20(15-6-5-13(24-2)10-14(12)15)27(22,23)18-9-7-16(19)26-18/h5-7,9-11H,3-4,8H2,1-2H3. The van der Waals surface area contributed by atoms with Crippen LogP contribution in [0.2, 0.25) is 0 Å². The number of ether oxygens (including phenoxy) is 2. The van der Waals surface area contributed by atoms with Crippen molar-refractivity contribution in [3.63, 3.8) is 0 Å². The van der Waals surface area contributed by atoms with Crippen molar-refractivity contribution in [3.8, 4) is 5.75 Å². The topological polar surface area (TPSA) is 74.6 Å². The fourth-order valence-electron chi connectivity index (χ4n) is 2.77. The maximum absolute atomic E-state index is 13.1. The largest absolute Gasteiger partial charge is 0.497 e. The second-order valence-corrected chi connectivity index (χ2v) is 10.2. The Bertz CT molecular complexity index is 1080. The van der Waals surface area contributed by atoms with Crippen LogP contribution in [0.15, 0.2) is 44.5 Å². The first-order valence-electron chi connectivity index (χ1n) is 8.21. The van der Waals surface area contributed by atoms with Crippen LogP contribution in [0.1, 0.15) is 18.9 Å².